The minimum Gasteiger partial charge on any atom is -0.396 e. The minimum absolute atomic E-state index is 0.0483. The van der Waals surface area contributed by atoms with Crippen molar-refractivity contribution in [2.75, 3.05) is 13.2 Å². The van der Waals surface area contributed by atoms with Crippen LogP contribution >= 0.6 is 0 Å². The number of aliphatic hydroxyl groups is 1. The molecule has 0 saturated carbocycles. The van der Waals surface area contributed by atoms with E-state index in [1.165, 1.54) is 12.1 Å². The van der Waals surface area contributed by atoms with Crippen LogP contribution in [0.2, 0.25) is 0 Å². The summed E-state index contributed by atoms with van der Waals surface area (Å²) in [5.41, 5.74) is 0.886. The predicted molar refractivity (Wildman–Crippen MR) is 68.2 cm³/mol. The second kappa shape index (κ2) is 6.72. The van der Waals surface area contributed by atoms with Gasteiger partial charge in [-0.15, -0.1) is 0 Å². The van der Waals surface area contributed by atoms with Gasteiger partial charge in [0.05, 0.1) is 0 Å². The van der Waals surface area contributed by atoms with Crippen molar-refractivity contribution >= 4 is 0 Å². The molecule has 0 heterocycles. The summed E-state index contributed by atoms with van der Waals surface area (Å²) in [6.07, 6.45) is 1.88. The van der Waals surface area contributed by atoms with Crippen LogP contribution in [0.15, 0.2) is 24.3 Å². The van der Waals surface area contributed by atoms with Crippen LogP contribution in [-0.4, -0.2) is 18.3 Å². The summed E-state index contributed by atoms with van der Waals surface area (Å²) < 4.78 is 13.0. The van der Waals surface area contributed by atoms with E-state index in [-0.39, 0.29) is 17.8 Å². The van der Waals surface area contributed by atoms with Gasteiger partial charge in [-0.3, -0.25) is 0 Å². The zero-order valence-corrected chi connectivity index (χ0v) is 10.7. The number of nitrogens with one attached hydrogen (secondary N) is 1. The summed E-state index contributed by atoms with van der Waals surface area (Å²) in [5.74, 6) is -0.205. The Morgan fingerprint density at radius 1 is 1.29 bits per heavy atom. The second-order valence-electron chi connectivity index (χ2n) is 4.60. The summed E-state index contributed by atoms with van der Waals surface area (Å²) in [7, 11) is 0. The third kappa shape index (κ3) is 4.10. The first-order valence-corrected chi connectivity index (χ1v) is 6.22. The Morgan fingerprint density at radius 3 is 2.53 bits per heavy atom. The van der Waals surface area contributed by atoms with Crippen LogP contribution in [0.4, 0.5) is 4.39 Å². The maximum Gasteiger partial charge on any atom is 0.123 e. The maximum atomic E-state index is 13.0. The van der Waals surface area contributed by atoms with Crippen LogP contribution in [-0.2, 0) is 6.54 Å². The Balaban J connectivity index is 2.46. The first kappa shape index (κ1) is 14.1. The Labute approximate surface area is 103 Å². The van der Waals surface area contributed by atoms with Crippen LogP contribution < -0.4 is 5.32 Å². The molecule has 0 aliphatic rings. The van der Waals surface area contributed by atoms with Gasteiger partial charge in [0, 0.05) is 25.1 Å². The molecule has 0 aliphatic heterocycles. The fraction of sp³-hybridized carbons (Fsp3) is 0.571. The average molecular weight is 239 g/mol. The van der Waals surface area contributed by atoms with Gasteiger partial charge in [0.1, 0.15) is 5.82 Å². The lowest BCUT2D eigenvalue weighted by atomic mass is 9.83. The number of halogens is 1. The van der Waals surface area contributed by atoms with E-state index in [9.17, 15) is 9.50 Å². The monoisotopic (exact) mass is 239 g/mol. The molecule has 1 aromatic carbocycles. The number of rotatable bonds is 7. The number of benzene rings is 1. The van der Waals surface area contributed by atoms with Gasteiger partial charge in [-0.2, -0.15) is 0 Å². The minimum atomic E-state index is -0.205. The summed E-state index contributed by atoms with van der Waals surface area (Å²) in [6, 6.07) is 6.59. The predicted octanol–water partition coefficient (Wildman–Crippen LogP) is 2.71. The smallest absolute Gasteiger partial charge is 0.123 e. The fourth-order valence-electron chi connectivity index (χ4n) is 1.90. The molecule has 0 aliphatic carbocycles. The van der Waals surface area contributed by atoms with Crippen molar-refractivity contribution in [3.05, 3.63) is 35.6 Å². The highest BCUT2D eigenvalue weighted by Crippen LogP contribution is 2.24. The topological polar surface area (TPSA) is 32.3 Å². The molecule has 0 aromatic heterocycles. The molecule has 0 spiro atoms. The molecule has 0 saturated heterocycles. The van der Waals surface area contributed by atoms with Crippen LogP contribution in [0.3, 0.4) is 0 Å². The van der Waals surface area contributed by atoms with E-state index in [1.807, 2.05) is 6.07 Å². The highest BCUT2D eigenvalue weighted by Gasteiger charge is 2.24. The largest absolute Gasteiger partial charge is 0.396 e. The quantitative estimate of drug-likeness (QED) is 0.767. The van der Waals surface area contributed by atoms with Gasteiger partial charge in [0.15, 0.2) is 0 Å². The van der Waals surface area contributed by atoms with Crippen LogP contribution in [0.1, 0.15) is 32.3 Å². The molecule has 96 valence electrons. The summed E-state index contributed by atoms with van der Waals surface area (Å²) >= 11 is 0. The molecule has 0 bridgehead atoms. The van der Waals surface area contributed by atoms with Crippen molar-refractivity contribution < 1.29 is 9.50 Å². The SMILES string of the molecule is CCC(CC)(CO)CNCc1cccc(F)c1. The van der Waals surface area contributed by atoms with Crippen molar-refractivity contribution in [3.8, 4) is 0 Å². The highest BCUT2D eigenvalue weighted by atomic mass is 19.1. The Bertz CT molecular complexity index is 328. The van der Waals surface area contributed by atoms with Crippen LogP contribution in [0.5, 0.6) is 0 Å². The molecular weight excluding hydrogens is 217 g/mol. The average Bonchev–Trinajstić information content (AvgIpc) is 2.35. The molecule has 0 unspecified atom stereocenters. The molecule has 0 amide bonds. The Hall–Kier alpha value is -0.930. The molecule has 0 radical (unpaired) electrons. The summed E-state index contributed by atoms with van der Waals surface area (Å²) in [4.78, 5) is 0. The maximum absolute atomic E-state index is 13.0. The van der Waals surface area contributed by atoms with E-state index < -0.39 is 0 Å². The Morgan fingerprint density at radius 2 is 2.00 bits per heavy atom. The van der Waals surface area contributed by atoms with E-state index in [0.29, 0.717) is 6.54 Å². The zero-order valence-electron chi connectivity index (χ0n) is 10.7. The number of aliphatic hydroxyl groups excluding tert-OH is 1. The molecule has 2 N–H and O–H groups in total. The van der Waals surface area contributed by atoms with Crippen molar-refractivity contribution in [2.45, 2.75) is 33.2 Å². The van der Waals surface area contributed by atoms with Gasteiger partial charge >= 0.3 is 0 Å². The second-order valence-corrected chi connectivity index (χ2v) is 4.60. The van der Waals surface area contributed by atoms with Gasteiger partial charge < -0.3 is 10.4 Å². The molecule has 2 nitrogen and oxygen atoms in total. The fourth-order valence-corrected chi connectivity index (χ4v) is 1.90. The highest BCUT2D eigenvalue weighted by molar-refractivity contribution is 5.15. The zero-order chi connectivity index (χ0) is 12.7. The normalized spacial score (nSPS) is 11.8. The van der Waals surface area contributed by atoms with E-state index in [0.717, 1.165) is 24.9 Å². The molecule has 0 fully saturated rings. The van der Waals surface area contributed by atoms with Crippen molar-refractivity contribution in [1.29, 1.82) is 0 Å². The Kier molecular flexibility index (Phi) is 5.59. The van der Waals surface area contributed by atoms with Crippen molar-refractivity contribution in [1.82, 2.24) is 5.32 Å². The third-order valence-corrected chi connectivity index (χ3v) is 3.55. The lowest BCUT2D eigenvalue weighted by Crippen LogP contribution is -2.36. The molecule has 1 rings (SSSR count). The molecule has 17 heavy (non-hydrogen) atoms. The molecular formula is C14H22FNO. The van der Waals surface area contributed by atoms with Gasteiger partial charge in [-0.25, -0.2) is 4.39 Å². The molecule has 3 heteroatoms. The first-order chi connectivity index (χ1) is 8.15. The van der Waals surface area contributed by atoms with Gasteiger partial charge in [0.2, 0.25) is 0 Å². The van der Waals surface area contributed by atoms with E-state index >= 15 is 0 Å². The van der Waals surface area contributed by atoms with Gasteiger partial charge in [0.25, 0.3) is 0 Å². The van der Waals surface area contributed by atoms with Gasteiger partial charge in [-0.1, -0.05) is 26.0 Å². The summed E-state index contributed by atoms with van der Waals surface area (Å²) in [6.45, 7) is 5.76. The van der Waals surface area contributed by atoms with Crippen LogP contribution in [0, 0.1) is 11.2 Å². The van der Waals surface area contributed by atoms with E-state index in [4.69, 9.17) is 0 Å². The molecule has 0 atom stereocenters. The third-order valence-electron chi connectivity index (χ3n) is 3.55. The molecule has 1 aromatic rings. The lowest BCUT2D eigenvalue weighted by Gasteiger charge is -2.29. The van der Waals surface area contributed by atoms with Crippen molar-refractivity contribution in [3.63, 3.8) is 0 Å². The van der Waals surface area contributed by atoms with E-state index in [2.05, 4.69) is 19.2 Å². The number of hydrogen-bond donors (Lipinski definition) is 2. The lowest BCUT2D eigenvalue weighted by molar-refractivity contribution is 0.113. The first-order valence-electron chi connectivity index (χ1n) is 6.22. The van der Waals surface area contributed by atoms with Gasteiger partial charge in [-0.05, 0) is 30.5 Å². The van der Waals surface area contributed by atoms with Crippen LogP contribution in [0.25, 0.3) is 0 Å². The number of hydrogen-bond acceptors (Lipinski definition) is 2. The standard InChI is InChI=1S/C14H22FNO/c1-3-14(4-2,11-17)10-16-9-12-6-5-7-13(15)8-12/h5-8,16-17H,3-4,9-11H2,1-2H3. The summed E-state index contributed by atoms with van der Waals surface area (Å²) in [5, 5.41) is 12.7. The van der Waals surface area contributed by atoms with Crippen molar-refractivity contribution in [2.24, 2.45) is 5.41 Å². The van der Waals surface area contributed by atoms with E-state index in [1.54, 1.807) is 6.07 Å².